The molecule has 14 nitrogen and oxygen atoms in total. The lowest BCUT2D eigenvalue weighted by atomic mass is 9.99. The third-order valence-corrected chi connectivity index (χ3v) is 8.91. The third-order valence-electron chi connectivity index (χ3n) is 5.68. The fraction of sp³-hybridized carbons (Fsp3) is 0.400. The lowest BCUT2D eigenvalue weighted by Crippen LogP contribution is -2.71. The Bertz CT molecular complexity index is 1300. The lowest BCUT2D eigenvalue weighted by Gasteiger charge is -2.50. The molecule has 1 fully saturated rings. The molecule has 1 saturated heterocycles. The third kappa shape index (κ3) is 6.12. The smallest absolute Gasteiger partial charge is 0.352 e. The fourth-order valence-corrected chi connectivity index (χ4v) is 7.00. The minimum atomic E-state index is -3.47. The monoisotopic (exact) mass is 568 g/mol. The maximum Gasteiger partial charge on any atom is 0.352 e. The number of sulfonamides is 1. The summed E-state index contributed by atoms with van der Waals surface area (Å²) in [6.07, 6.45) is 1.24. The molecule has 2 aromatic rings. The number of carboxylic acid groups (broad SMARTS) is 1. The number of fused-ring (bicyclic) bond motifs is 1. The van der Waals surface area contributed by atoms with E-state index in [-0.39, 0.29) is 24.4 Å². The van der Waals surface area contributed by atoms with Crippen LogP contribution < -0.4 is 15.8 Å². The SMILES string of the molecule is CS(=O)(=O)NCCC(Sc1nnn[nH]1)C1=C(C(=O)O)N2C(=O)[C@@H](NC(=O)C(N)c3ccccc3)[C@@H]2SC1. The number of amides is 2. The van der Waals surface area contributed by atoms with Crippen LogP contribution >= 0.6 is 23.5 Å². The van der Waals surface area contributed by atoms with Crippen LogP contribution in [0.2, 0.25) is 0 Å². The van der Waals surface area contributed by atoms with E-state index in [9.17, 15) is 27.9 Å². The van der Waals surface area contributed by atoms with E-state index in [0.717, 1.165) is 22.9 Å². The average molecular weight is 569 g/mol. The van der Waals surface area contributed by atoms with Gasteiger partial charge in [0.15, 0.2) is 0 Å². The van der Waals surface area contributed by atoms with Crippen LogP contribution in [0.25, 0.3) is 0 Å². The number of thioether (sulfide) groups is 2. The van der Waals surface area contributed by atoms with Crippen LogP contribution in [0.15, 0.2) is 46.8 Å². The second-order valence-corrected chi connectivity index (χ2v) is 12.4. The summed E-state index contributed by atoms with van der Waals surface area (Å²) in [6.45, 7) is 0.0343. The van der Waals surface area contributed by atoms with Crippen LogP contribution in [-0.2, 0) is 24.4 Å². The standard InChI is InChI=1S/C20H24N8O6S3/c1-37(33,34)22-8-7-12(36-20-24-26-27-25-20)11-9-35-18-14(17(30)28(18)15(11)19(31)32)23-16(29)13(21)10-5-3-2-4-6-10/h2-6,12-14,18,22H,7-9,21H2,1H3,(H,23,29)(H,31,32)(H,24,25,26,27)/t12?,13?,14-,18+/m1/s1. The average Bonchev–Trinajstić information content (AvgIpc) is 3.38. The molecule has 2 amide bonds. The molecular weight excluding hydrogens is 544 g/mol. The van der Waals surface area contributed by atoms with Crippen molar-refractivity contribution in [1.82, 2.24) is 35.6 Å². The zero-order chi connectivity index (χ0) is 26.7. The zero-order valence-corrected chi connectivity index (χ0v) is 21.8. The van der Waals surface area contributed by atoms with Gasteiger partial charge in [-0.1, -0.05) is 42.1 Å². The second-order valence-electron chi connectivity index (χ2n) is 8.23. The highest BCUT2D eigenvalue weighted by Crippen LogP contribution is 2.44. The van der Waals surface area contributed by atoms with Crippen molar-refractivity contribution in [1.29, 1.82) is 0 Å². The number of aromatic amines is 1. The van der Waals surface area contributed by atoms with Crippen LogP contribution in [0.3, 0.4) is 0 Å². The summed E-state index contributed by atoms with van der Waals surface area (Å²) in [5, 5.41) is 25.3. The van der Waals surface area contributed by atoms with Gasteiger partial charge in [0, 0.05) is 17.5 Å². The Morgan fingerprint density at radius 2 is 2.08 bits per heavy atom. The highest BCUT2D eigenvalue weighted by atomic mass is 32.2. The van der Waals surface area contributed by atoms with Crippen LogP contribution in [-0.4, -0.2) is 92.1 Å². The summed E-state index contributed by atoms with van der Waals surface area (Å²) in [5.41, 5.74) is 6.84. The topological polar surface area (TPSA) is 213 Å². The van der Waals surface area contributed by atoms with Crippen molar-refractivity contribution in [2.45, 2.75) is 34.3 Å². The van der Waals surface area contributed by atoms with E-state index in [2.05, 4.69) is 30.7 Å². The van der Waals surface area contributed by atoms with Gasteiger partial charge in [0.25, 0.3) is 5.91 Å². The van der Waals surface area contributed by atoms with Gasteiger partial charge in [0.1, 0.15) is 23.2 Å². The number of tetrazole rings is 1. The van der Waals surface area contributed by atoms with Crippen molar-refractivity contribution in [3.05, 3.63) is 47.2 Å². The molecule has 17 heteroatoms. The van der Waals surface area contributed by atoms with Crippen molar-refractivity contribution in [3.8, 4) is 0 Å². The molecule has 0 aliphatic carbocycles. The molecule has 4 rings (SSSR count). The van der Waals surface area contributed by atoms with Gasteiger partial charge in [-0.05, 0) is 28.0 Å². The number of rotatable bonds is 11. The largest absolute Gasteiger partial charge is 0.477 e. The number of carbonyl (C=O) groups is 3. The Morgan fingerprint density at radius 1 is 1.35 bits per heavy atom. The Labute approximate surface area is 220 Å². The van der Waals surface area contributed by atoms with E-state index in [1.807, 2.05) is 0 Å². The fourth-order valence-electron chi connectivity index (χ4n) is 3.96. The molecule has 6 N–H and O–H groups in total. The molecule has 1 aromatic heterocycles. The predicted octanol–water partition coefficient (Wildman–Crippen LogP) is -0.962. The summed E-state index contributed by atoms with van der Waals surface area (Å²) in [7, 11) is -3.47. The highest BCUT2D eigenvalue weighted by Gasteiger charge is 2.55. The molecular formula is C20H24N8O6S3. The molecule has 0 saturated carbocycles. The van der Waals surface area contributed by atoms with E-state index < -0.39 is 50.5 Å². The van der Waals surface area contributed by atoms with Crippen LogP contribution in [0, 0.1) is 0 Å². The molecule has 2 aliphatic heterocycles. The van der Waals surface area contributed by atoms with Crippen molar-refractivity contribution in [2.24, 2.45) is 5.73 Å². The van der Waals surface area contributed by atoms with E-state index >= 15 is 0 Å². The number of carbonyl (C=O) groups excluding carboxylic acids is 2. The first-order chi connectivity index (χ1) is 17.6. The van der Waals surface area contributed by atoms with E-state index in [1.54, 1.807) is 30.3 Å². The number of β-lactam (4-membered cyclic amide) rings is 1. The van der Waals surface area contributed by atoms with E-state index in [0.29, 0.717) is 16.3 Å². The normalized spacial score (nSPS) is 21.1. The molecule has 3 heterocycles. The van der Waals surface area contributed by atoms with Crippen LogP contribution in [0.4, 0.5) is 0 Å². The Morgan fingerprint density at radius 3 is 2.70 bits per heavy atom. The molecule has 2 unspecified atom stereocenters. The summed E-state index contributed by atoms with van der Waals surface area (Å²) < 4.78 is 25.4. The molecule has 37 heavy (non-hydrogen) atoms. The number of benzene rings is 1. The summed E-state index contributed by atoms with van der Waals surface area (Å²) in [5.74, 6) is -2.20. The first-order valence-corrected chi connectivity index (χ1v) is 14.8. The lowest BCUT2D eigenvalue weighted by molar-refractivity contribution is -0.150. The van der Waals surface area contributed by atoms with Gasteiger partial charge >= 0.3 is 5.97 Å². The van der Waals surface area contributed by atoms with Crippen molar-refractivity contribution < 1.29 is 27.9 Å². The first kappa shape index (κ1) is 27.1. The summed E-state index contributed by atoms with van der Waals surface area (Å²) >= 11 is 2.43. The van der Waals surface area contributed by atoms with Gasteiger partial charge in [0.2, 0.25) is 21.1 Å². The molecule has 0 bridgehead atoms. The van der Waals surface area contributed by atoms with Gasteiger partial charge in [-0.3, -0.25) is 14.5 Å². The van der Waals surface area contributed by atoms with Crippen molar-refractivity contribution in [3.63, 3.8) is 0 Å². The predicted molar refractivity (Wildman–Crippen MR) is 134 cm³/mol. The van der Waals surface area contributed by atoms with Gasteiger partial charge in [-0.25, -0.2) is 23.0 Å². The van der Waals surface area contributed by atoms with Gasteiger partial charge < -0.3 is 16.2 Å². The number of nitrogens with two attached hydrogens (primary N) is 1. The maximum absolute atomic E-state index is 13.1. The van der Waals surface area contributed by atoms with Crippen LogP contribution in [0.1, 0.15) is 18.0 Å². The highest BCUT2D eigenvalue weighted by molar-refractivity contribution is 8.01. The molecule has 2 aliphatic rings. The van der Waals surface area contributed by atoms with Gasteiger partial charge in [0.05, 0.1) is 6.26 Å². The number of H-pyrrole nitrogens is 1. The molecule has 1 aromatic carbocycles. The maximum atomic E-state index is 13.1. The molecule has 0 radical (unpaired) electrons. The van der Waals surface area contributed by atoms with E-state index in [1.165, 1.54) is 11.8 Å². The zero-order valence-electron chi connectivity index (χ0n) is 19.4. The number of aromatic nitrogens is 4. The summed E-state index contributed by atoms with van der Waals surface area (Å²) in [4.78, 5) is 39.2. The molecule has 4 atom stereocenters. The quantitative estimate of drug-likeness (QED) is 0.164. The number of hydrogen-bond acceptors (Lipinski definition) is 11. The van der Waals surface area contributed by atoms with Crippen molar-refractivity contribution in [2.75, 3.05) is 18.6 Å². The second kappa shape index (κ2) is 11.2. The number of aliphatic carboxylic acids is 1. The van der Waals surface area contributed by atoms with E-state index in [4.69, 9.17) is 5.73 Å². The van der Waals surface area contributed by atoms with Crippen molar-refractivity contribution >= 4 is 51.3 Å². The Hall–Kier alpha value is -2.99. The van der Waals surface area contributed by atoms with Gasteiger partial charge in [-0.15, -0.1) is 16.9 Å². The molecule has 198 valence electrons. The number of hydrogen-bond donors (Lipinski definition) is 5. The minimum Gasteiger partial charge on any atom is -0.477 e. The Balaban J connectivity index is 1.54. The number of nitrogens with one attached hydrogen (secondary N) is 3. The van der Waals surface area contributed by atoms with Gasteiger partial charge in [-0.2, -0.15) is 0 Å². The summed E-state index contributed by atoms with van der Waals surface area (Å²) in [6, 6.07) is 6.77. The minimum absolute atomic E-state index is 0.0343. The Kier molecular flexibility index (Phi) is 8.17. The molecule has 0 spiro atoms. The van der Waals surface area contributed by atoms with Crippen LogP contribution in [0.5, 0.6) is 0 Å². The number of carboxylic acids is 1. The first-order valence-electron chi connectivity index (χ1n) is 10.9. The number of nitrogens with zero attached hydrogens (tertiary/aromatic N) is 4.